The van der Waals surface area contributed by atoms with Gasteiger partial charge in [-0.3, -0.25) is 0 Å². The minimum absolute atomic E-state index is 0.438. The Morgan fingerprint density at radius 2 is 1.56 bits per heavy atom. The lowest BCUT2D eigenvalue weighted by Gasteiger charge is -2.10. The van der Waals surface area contributed by atoms with Crippen molar-refractivity contribution >= 4 is 27.4 Å². The maximum absolute atomic E-state index is 5.64. The average Bonchev–Trinajstić information content (AvgIpc) is 3.60. The third kappa shape index (κ3) is 4.32. The zero-order valence-corrected chi connectivity index (χ0v) is 20.3. The minimum Gasteiger partial charge on any atom is -0.497 e. The van der Waals surface area contributed by atoms with E-state index in [1.54, 1.807) is 18.4 Å². The van der Waals surface area contributed by atoms with Gasteiger partial charge >= 0.3 is 0 Å². The summed E-state index contributed by atoms with van der Waals surface area (Å²) in [7, 11) is 1.65. The van der Waals surface area contributed by atoms with Crippen LogP contribution in [-0.4, -0.2) is 22.2 Å². The van der Waals surface area contributed by atoms with Gasteiger partial charge in [-0.2, -0.15) is 0 Å². The molecule has 6 nitrogen and oxygen atoms in total. The molecule has 0 atom stereocenters. The summed E-state index contributed by atoms with van der Waals surface area (Å²) < 4.78 is 10.9. The van der Waals surface area contributed by atoms with E-state index < -0.39 is 0 Å². The first-order chi connectivity index (χ1) is 17.8. The fourth-order valence-corrected chi connectivity index (χ4v) is 5.03. The summed E-state index contributed by atoms with van der Waals surface area (Å²) in [5, 5.41) is 10.9. The number of nitrogens with one attached hydrogen (secondary N) is 1. The maximum Gasteiger partial charge on any atom is 0.163 e. The van der Waals surface area contributed by atoms with Gasteiger partial charge in [0, 0.05) is 28.1 Å². The maximum atomic E-state index is 5.64. The second-order valence-corrected chi connectivity index (χ2v) is 9.08. The van der Waals surface area contributed by atoms with E-state index in [9.17, 15) is 0 Å². The van der Waals surface area contributed by atoms with Crippen molar-refractivity contribution in [1.29, 1.82) is 0 Å². The number of anilines is 1. The highest BCUT2D eigenvalue weighted by molar-refractivity contribution is 7.17. The van der Waals surface area contributed by atoms with Crippen LogP contribution in [0.15, 0.2) is 101 Å². The van der Waals surface area contributed by atoms with Crippen LogP contribution in [-0.2, 0) is 6.54 Å². The van der Waals surface area contributed by atoms with Crippen LogP contribution < -0.4 is 10.1 Å². The van der Waals surface area contributed by atoms with Crippen molar-refractivity contribution in [2.75, 3.05) is 12.4 Å². The lowest BCUT2D eigenvalue weighted by atomic mass is 10.1. The van der Waals surface area contributed by atoms with Gasteiger partial charge in [0.15, 0.2) is 11.6 Å². The van der Waals surface area contributed by atoms with Gasteiger partial charge in [-0.15, -0.1) is 11.3 Å². The zero-order chi connectivity index (χ0) is 24.3. The van der Waals surface area contributed by atoms with Crippen molar-refractivity contribution in [2.24, 2.45) is 0 Å². The van der Waals surface area contributed by atoms with E-state index in [-0.39, 0.29) is 0 Å². The number of rotatable bonds is 7. The number of ether oxygens (including phenoxy) is 1. The molecule has 0 aliphatic rings. The molecule has 176 valence electrons. The molecule has 0 saturated carbocycles. The fourth-order valence-electron chi connectivity index (χ4n) is 4.08. The normalized spacial score (nSPS) is 11.0. The molecular formula is C29H22N4O2S. The van der Waals surface area contributed by atoms with Crippen molar-refractivity contribution in [3.63, 3.8) is 0 Å². The fraction of sp³-hybridized carbons (Fsp3) is 0.0690. The Balaban J connectivity index is 1.35. The monoisotopic (exact) mass is 490 g/mol. The molecule has 36 heavy (non-hydrogen) atoms. The van der Waals surface area contributed by atoms with E-state index in [1.807, 2.05) is 78.9 Å². The van der Waals surface area contributed by atoms with Crippen LogP contribution in [0.4, 0.5) is 5.82 Å². The highest BCUT2D eigenvalue weighted by atomic mass is 32.1. The molecule has 0 saturated heterocycles. The number of thiophene rings is 1. The molecule has 0 amide bonds. The summed E-state index contributed by atoms with van der Waals surface area (Å²) in [6.45, 7) is 0.438. The Morgan fingerprint density at radius 1 is 0.833 bits per heavy atom. The van der Waals surface area contributed by atoms with Crippen molar-refractivity contribution in [3.05, 3.63) is 102 Å². The second-order valence-electron chi connectivity index (χ2n) is 8.22. The topological polar surface area (TPSA) is 73.1 Å². The molecule has 0 aliphatic carbocycles. The Bertz CT molecular complexity index is 1610. The number of methoxy groups -OCH3 is 1. The molecule has 3 heterocycles. The van der Waals surface area contributed by atoms with Crippen molar-refractivity contribution in [3.8, 4) is 39.5 Å². The Labute approximate surface area is 212 Å². The van der Waals surface area contributed by atoms with Crippen LogP contribution in [0.5, 0.6) is 5.75 Å². The zero-order valence-electron chi connectivity index (χ0n) is 19.5. The summed E-state index contributed by atoms with van der Waals surface area (Å²) in [5.74, 6) is 2.96. The van der Waals surface area contributed by atoms with Gasteiger partial charge in [-0.25, -0.2) is 9.97 Å². The van der Waals surface area contributed by atoms with Crippen molar-refractivity contribution < 1.29 is 9.26 Å². The molecule has 6 rings (SSSR count). The predicted octanol–water partition coefficient (Wildman–Crippen LogP) is 7.30. The number of benzene rings is 3. The largest absolute Gasteiger partial charge is 0.497 e. The van der Waals surface area contributed by atoms with Crippen LogP contribution in [0, 0.1) is 0 Å². The lowest BCUT2D eigenvalue weighted by Crippen LogP contribution is -2.03. The summed E-state index contributed by atoms with van der Waals surface area (Å²) in [5.41, 5.74) is 4.94. The molecule has 0 unspecified atom stereocenters. The highest BCUT2D eigenvalue weighted by Gasteiger charge is 2.17. The number of fused-ring (bicyclic) bond motifs is 1. The third-order valence-corrected chi connectivity index (χ3v) is 6.80. The molecule has 7 heteroatoms. The van der Waals surface area contributed by atoms with Gasteiger partial charge in [0.05, 0.1) is 19.0 Å². The number of aromatic nitrogens is 3. The second kappa shape index (κ2) is 9.64. The summed E-state index contributed by atoms with van der Waals surface area (Å²) in [4.78, 5) is 10.8. The van der Waals surface area contributed by atoms with Crippen LogP contribution in [0.3, 0.4) is 0 Å². The third-order valence-electron chi connectivity index (χ3n) is 5.93. The van der Waals surface area contributed by atoms with Gasteiger partial charge in [-0.1, -0.05) is 65.8 Å². The van der Waals surface area contributed by atoms with Gasteiger partial charge in [-0.05, 0) is 29.8 Å². The lowest BCUT2D eigenvalue weighted by molar-refractivity contribution is 0.390. The van der Waals surface area contributed by atoms with E-state index in [4.69, 9.17) is 19.2 Å². The van der Waals surface area contributed by atoms with Crippen LogP contribution >= 0.6 is 11.3 Å². The molecule has 3 aromatic heterocycles. The smallest absolute Gasteiger partial charge is 0.163 e. The van der Waals surface area contributed by atoms with E-state index in [0.717, 1.165) is 49.7 Å². The van der Waals surface area contributed by atoms with E-state index in [0.29, 0.717) is 18.1 Å². The number of nitrogens with zero attached hydrogens (tertiary/aromatic N) is 3. The standard InChI is InChI=1S/C29H22N4O2S/c1-34-22-14-12-20(13-15-22)25-16-23(35-33-25)17-30-28-26-24(19-8-4-2-5-9-19)18-36-29(26)32-27(31-28)21-10-6-3-7-11-21/h2-16,18H,17H2,1H3,(H,30,31,32). The van der Waals surface area contributed by atoms with Crippen LogP contribution in [0.1, 0.15) is 5.76 Å². The van der Waals surface area contributed by atoms with Gasteiger partial charge < -0.3 is 14.6 Å². The van der Waals surface area contributed by atoms with Gasteiger partial charge in [0.2, 0.25) is 0 Å². The molecule has 0 radical (unpaired) electrons. The SMILES string of the molecule is COc1ccc(-c2cc(CNc3nc(-c4ccccc4)nc4scc(-c5ccccc5)c34)on2)cc1. The number of hydrogen-bond acceptors (Lipinski definition) is 7. The minimum atomic E-state index is 0.438. The summed E-state index contributed by atoms with van der Waals surface area (Å²) in [6.07, 6.45) is 0. The molecule has 1 N–H and O–H groups in total. The summed E-state index contributed by atoms with van der Waals surface area (Å²) in [6, 6.07) is 30.0. The average molecular weight is 491 g/mol. The Hall–Kier alpha value is -4.49. The van der Waals surface area contributed by atoms with Crippen molar-refractivity contribution in [1.82, 2.24) is 15.1 Å². The molecule has 6 aromatic rings. The van der Waals surface area contributed by atoms with E-state index in [1.165, 1.54) is 0 Å². The van der Waals surface area contributed by atoms with E-state index >= 15 is 0 Å². The highest BCUT2D eigenvalue weighted by Crippen LogP contribution is 2.38. The van der Waals surface area contributed by atoms with E-state index in [2.05, 4.69) is 28.0 Å². The molecule has 0 fully saturated rings. The first-order valence-electron chi connectivity index (χ1n) is 11.5. The molecule has 0 aliphatic heterocycles. The van der Waals surface area contributed by atoms with Gasteiger partial charge in [0.25, 0.3) is 0 Å². The number of hydrogen-bond donors (Lipinski definition) is 1. The Kier molecular flexibility index (Phi) is 5.89. The van der Waals surface area contributed by atoms with Crippen LogP contribution in [0.25, 0.3) is 44.0 Å². The quantitative estimate of drug-likeness (QED) is 0.253. The Morgan fingerprint density at radius 3 is 2.28 bits per heavy atom. The molecule has 0 bridgehead atoms. The first-order valence-corrected chi connectivity index (χ1v) is 12.4. The molecule has 0 spiro atoms. The first kappa shape index (κ1) is 22.0. The predicted molar refractivity (Wildman–Crippen MR) is 144 cm³/mol. The van der Waals surface area contributed by atoms with Crippen LogP contribution in [0.2, 0.25) is 0 Å². The molecule has 3 aromatic carbocycles. The van der Waals surface area contributed by atoms with Crippen molar-refractivity contribution in [2.45, 2.75) is 6.54 Å². The molecular weight excluding hydrogens is 468 g/mol. The van der Waals surface area contributed by atoms with Gasteiger partial charge in [0.1, 0.15) is 22.1 Å². The summed E-state index contributed by atoms with van der Waals surface area (Å²) >= 11 is 1.62.